The highest BCUT2D eigenvalue weighted by molar-refractivity contribution is 6.36. The second-order valence-corrected chi connectivity index (χ2v) is 5.77. The predicted molar refractivity (Wildman–Crippen MR) is 97.1 cm³/mol. The molecule has 2 aromatic carbocycles. The van der Waals surface area contributed by atoms with Crippen LogP contribution < -0.4 is 21.7 Å². The maximum atomic E-state index is 12.0. The molecule has 25 heavy (non-hydrogen) atoms. The van der Waals surface area contributed by atoms with Crippen LogP contribution in [0.1, 0.15) is 10.4 Å². The van der Waals surface area contributed by atoms with Gasteiger partial charge in [0, 0.05) is 16.4 Å². The van der Waals surface area contributed by atoms with Crippen LogP contribution in [0.15, 0.2) is 42.5 Å². The van der Waals surface area contributed by atoms with Crippen LogP contribution in [0.3, 0.4) is 0 Å². The number of benzene rings is 2. The summed E-state index contributed by atoms with van der Waals surface area (Å²) in [5.74, 6) is -0.948. The smallest absolute Gasteiger partial charge is 0.316 e. The van der Waals surface area contributed by atoms with Crippen molar-refractivity contribution in [3.8, 4) is 0 Å². The van der Waals surface area contributed by atoms with Crippen molar-refractivity contribution in [2.24, 2.45) is 5.73 Å². The minimum absolute atomic E-state index is 0.190. The summed E-state index contributed by atoms with van der Waals surface area (Å²) in [5, 5.41) is 8.03. The van der Waals surface area contributed by atoms with Crippen molar-refractivity contribution in [1.82, 2.24) is 5.32 Å². The predicted octanol–water partition coefficient (Wildman–Crippen LogP) is 2.85. The third kappa shape index (κ3) is 5.66. The number of hydrogen-bond acceptors (Lipinski definition) is 3. The number of carbonyl (C=O) groups excluding carboxylic acids is 3. The Balaban J connectivity index is 1.92. The van der Waals surface area contributed by atoms with Crippen LogP contribution in [0.2, 0.25) is 10.0 Å². The van der Waals surface area contributed by atoms with E-state index in [1.165, 1.54) is 24.3 Å². The number of nitrogens with two attached hydrogens (primary N) is 1. The Morgan fingerprint density at radius 3 is 2.28 bits per heavy atom. The van der Waals surface area contributed by atoms with E-state index in [9.17, 15) is 14.4 Å². The molecule has 130 valence electrons. The number of carbonyl (C=O) groups is 3. The van der Waals surface area contributed by atoms with Crippen molar-refractivity contribution in [2.75, 3.05) is 17.2 Å². The van der Waals surface area contributed by atoms with Crippen molar-refractivity contribution in [1.29, 1.82) is 0 Å². The van der Waals surface area contributed by atoms with Crippen LogP contribution in [0.5, 0.6) is 0 Å². The second-order valence-electron chi connectivity index (χ2n) is 4.93. The Kier molecular flexibility index (Phi) is 6.21. The van der Waals surface area contributed by atoms with Gasteiger partial charge in [-0.3, -0.25) is 9.59 Å². The molecule has 0 saturated carbocycles. The summed E-state index contributed by atoms with van der Waals surface area (Å²) in [4.78, 5) is 34.8. The fourth-order valence-electron chi connectivity index (χ4n) is 1.95. The number of primary amides is 1. The number of rotatable bonds is 5. The molecule has 2 rings (SSSR count). The molecule has 5 N–H and O–H groups in total. The Labute approximate surface area is 153 Å². The van der Waals surface area contributed by atoms with Crippen LogP contribution in [-0.2, 0) is 4.79 Å². The monoisotopic (exact) mass is 380 g/mol. The molecule has 2 aromatic rings. The molecule has 0 saturated heterocycles. The molecular formula is C16H14Cl2N4O3. The van der Waals surface area contributed by atoms with Crippen molar-refractivity contribution in [2.45, 2.75) is 0 Å². The normalized spacial score (nSPS) is 10.0. The molecule has 0 unspecified atom stereocenters. The lowest BCUT2D eigenvalue weighted by molar-refractivity contribution is -0.115. The van der Waals surface area contributed by atoms with Crippen molar-refractivity contribution in [3.63, 3.8) is 0 Å². The molecule has 7 nitrogen and oxygen atoms in total. The lowest BCUT2D eigenvalue weighted by Crippen LogP contribution is -2.33. The van der Waals surface area contributed by atoms with E-state index in [1.807, 2.05) is 0 Å². The Bertz CT molecular complexity index is 827. The third-order valence-corrected chi connectivity index (χ3v) is 3.55. The van der Waals surface area contributed by atoms with Gasteiger partial charge in [-0.1, -0.05) is 29.3 Å². The first-order valence-corrected chi connectivity index (χ1v) is 7.80. The van der Waals surface area contributed by atoms with Gasteiger partial charge >= 0.3 is 6.03 Å². The van der Waals surface area contributed by atoms with E-state index in [0.717, 1.165) is 0 Å². The third-order valence-electron chi connectivity index (χ3n) is 3.00. The summed E-state index contributed by atoms with van der Waals surface area (Å²) >= 11 is 11.7. The van der Waals surface area contributed by atoms with Gasteiger partial charge < -0.3 is 21.7 Å². The summed E-state index contributed by atoms with van der Waals surface area (Å²) in [7, 11) is 0. The average molecular weight is 381 g/mol. The summed E-state index contributed by atoms with van der Waals surface area (Å²) in [5.41, 5.74) is 6.12. The van der Waals surface area contributed by atoms with Gasteiger partial charge in [0.15, 0.2) is 0 Å². The molecule has 0 radical (unpaired) electrons. The molecule has 0 aliphatic carbocycles. The second kappa shape index (κ2) is 8.36. The van der Waals surface area contributed by atoms with E-state index in [4.69, 9.17) is 28.9 Å². The molecule has 0 aromatic heterocycles. The zero-order valence-corrected chi connectivity index (χ0v) is 14.3. The molecule has 9 heteroatoms. The van der Waals surface area contributed by atoms with Gasteiger partial charge in [0.1, 0.15) is 0 Å². The highest BCUT2D eigenvalue weighted by Gasteiger charge is 2.12. The van der Waals surface area contributed by atoms with Gasteiger partial charge in [0.25, 0.3) is 5.91 Å². The van der Waals surface area contributed by atoms with E-state index >= 15 is 0 Å². The van der Waals surface area contributed by atoms with E-state index in [-0.39, 0.29) is 17.1 Å². The van der Waals surface area contributed by atoms with Crippen LogP contribution in [-0.4, -0.2) is 24.4 Å². The molecular weight excluding hydrogens is 367 g/mol. The minimum Gasteiger partial charge on any atom is -0.351 e. The summed E-state index contributed by atoms with van der Waals surface area (Å²) < 4.78 is 0. The van der Waals surface area contributed by atoms with E-state index in [0.29, 0.717) is 16.4 Å². The Hall–Kier alpha value is -2.77. The van der Waals surface area contributed by atoms with E-state index in [1.54, 1.807) is 18.2 Å². The fraction of sp³-hybridized carbons (Fsp3) is 0.0625. The highest BCUT2D eigenvalue weighted by Crippen LogP contribution is 2.20. The van der Waals surface area contributed by atoms with Crippen molar-refractivity contribution >= 4 is 52.4 Å². The zero-order valence-electron chi connectivity index (χ0n) is 12.8. The number of amides is 4. The van der Waals surface area contributed by atoms with Gasteiger partial charge in [-0.15, -0.1) is 0 Å². The van der Waals surface area contributed by atoms with Crippen LogP contribution in [0.4, 0.5) is 16.2 Å². The zero-order chi connectivity index (χ0) is 18.4. The summed E-state index contributed by atoms with van der Waals surface area (Å²) in [6.07, 6.45) is 0. The SMILES string of the molecule is NC(=O)Nc1cccc(NC(=O)CNC(=O)c2ccc(Cl)cc2Cl)c1. The first kappa shape index (κ1) is 18.6. The molecule has 0 fully saturated rings. The van der Waals surface area contributed by atoms with Gasteiger partial charge in [0.05, 0.1) is 17.1 Å². The molecule has 0 spiro atoms. The topological polar surface area (TPSA) is 113 Å². The molecule has 0 bridgehead atoms. The Morgan fingerprint density at radius 1 is 0.960 bits per heavy atom. The minimum atomic E-state index is -0.712. The number of nitrogens with one attached hydrogen (secondary N) is 3. The summed E-state index contributed by atoms with van der Waals surface area (Å²) in [6.45, 7) is -0.259. The number of anilines is 2. The first-order valence-electron chi connectivity index (χ1n) is 7.05. The lowest BCUT2D eigenvalue weighted by Gasteiger charge is -2.09. The molecule has 0 atom stereocenters. The van der Waals surface area contributed by atoms with Gasteiger partial charge in [-0.2, -0.15) is 0 Å². The van der Waals surface area contributed by atoms with E-state index < -0.39 is 17.8 Å². The Morgan fingerprint density at radius 2 is 1.64 bits per heavy atom. The molecule has 0 aliphatic rings. The standard InChI is InChI=1S/C16H14Cl2N4O3/c17-9-4-5-12(13(18)6-9)15(24)20-8-14(23)21-10-2-1-3-11(7-10)22-16(19)25/h1-7H,8H2,(H,20,24)(H,21,23)(H3,19,22,25). The van der Waals surface area contributed by atoms with Gasteiger partial charge in [-0.05, 0) is 36.4 Å². The molecule has 0 heterocycles. The molecule has 4 amide bonds. The van der Waals surface area contributed by atoms with Gasteiger partial charge in [-0.25, -0.2) is 4.79 Å². The fourth-order valence-corrected chi connectivity index (χ4v) is 2.45. The largest absolute Gasteiger partial charge is 0.351 e. The average Bonchev–Trinajstić information content (AvgIpc) is 2.52. The van der Waals surface area contributed by atoms with Crippen LogP contribution in [0.25, 0.3) is 0 Å². The molecule has 0 aliphatic heterocycles. The highest BCUT2D eigenvalue weighted by atomic mass is 35.5. The maximum Gasteiger partial charge on any atom is 0.316 e. The number of halogens is 2. The number of hydrogen-bond donors (Lipinski definition) is 4. The maximum absolute atomic E-state index is 12.0. The quantitative estimate of drug-likeness (QED) is 0.639. The lowest BCUT2D eigenvalue weighted by atomic mass is 10.2. The van der Waals surface area contributed by atoms with E-state index in [2.05, 4.69) is 16.0 Å². The van der Waals surface area contributed by atoms with Crippen LogP contribution in [0, 0.1) is 0 Å². The first-order chi connectivity index (χ1) is 11.8. The van der Waals surface area contributed by atoms with Crippen molar-refractivity contribution < 1.29 is 14.4 Å². The summed E-state index contributed by atoms with van der Waals surface area (Å²) in [6, 6.07) is 10.1. The van der Waals surface area contributed by atoms with Gasteiger partial charge in [0.2, 0.25) is 5.91 Å². The number of urea groups is 1. The van der Waals surface area contributed by atoms with Crippen molar-refractivity contribution in [3.05, 3.63) is 58.1 Å². The van der Waals surface area contributed by atoms with Crippen LogP contribution >= 0.6 is 23.2 Å².